The Morgan fingerprint density at radius 1 is 1.22 bits per heavy atom. The maximum atomic E-state index is 12.5. The second-order valence-electron chi connectivity index (χ2n) is 6.78. The van der Waals surface area contributed by atoms with E-state index in [0.29, 0.717) is 5.92 Å². The summed E-state index contributed by atoms with van der Waals surface area (Å²) in [6.45, 7) is 8.32. The van der Waals surface area contributed by atoms with Crippen LogP contribution in [0.2, 0.25) is 0 Å². The lowest BCUT2D eigenvalue weighted by atomic mass is 9.89. The van der Waals surface area contributed by atoms with Gasteiger partial charge in [0.05, 0.1) is 5.54 Å². The van der Waals surface area contributed by atoms with Gasteiger partial charge in [-0.1, -0.05) is 13.8 Å². The van der Waals surface area contributed by atoms with Crippen LogP contribution in [0.25, 0.3) is 0 Å². The summed E-state index contributed by atoms with van der Waals surface area (Å²) in [6.07, 6.45) is 5.79. The number of nitrogens with zero attached hydrogens (tertiary/aromatic N) is 1. The van der Waals surface area contributed by atoms with Gasteiger partial charge in [0.2, 0.25) is 5.91 Å². The van der Waals surface area contributed by atoms with Gasteiger partial charge >= 0.3 is 0 Å². The van der Waals surface area contributed by atoms with Crippen LogP contribution in [0.1, 0.15) is 52.9 Å². The largest absolute Gasteiger partial charge is 0.341 e. The molecule has 18 heavy (non-hydrogen) atoms. The highest BCUT2D eigenvalue weighted by molar-refractivity contribution is 5.86. The van der Waals surface area contributed by atoms with Gasteiger partial charge in [0.1, 0.15) is 0 Å². The van der Waals surface area contributed by atoms with Crippen LogP contribution in [0.4, 0.5) is 0 Å². The number of carbonyl (C=O) groups excluding carboxylic acids is 1. The lowest BCUT2D eigenvalue weighted by Crippen LogP contribution is -2.55. The number of amides is 1. The van der Waals surface area contributed by atoms with E-state index in [4.69, 9.17) is 5.73 Å². The second kappa shape index (κ2) is 5.20. The van der Waals surface area contributed by atoms with E-state index in [0.717, 1.165) is 50.6 Å². The highest BCUT2D eigenvalue weighted by atomic mass is 16.2. The molecule has 1 aliphatic carbocycles. The fourth-order valence-corrected chi connectivity index (χ4v) is 3.19. The first-order valence-electron chi connectivity index (χ1n) is 7.51. The van der Waals surface area contributed by atoms with E-state index in [1.165, 1.54) is 6.42 Å². The number of carbonyl (C=O) groups is 1. The Morgan fingerprint density at radius 2 is 1.89 bits per heavy atom. The molecule has 3 heteroatoms. The van der Waals surface area contributed by atoms with Crippen molar-refractivity contribution in [2.24, 2.45) is 23.5 Å². The third-order valence-corrected chi connectivity index (χ3v) is 4.89. The molecule has 0 radical (unpaired) electrons. The van der Waals surface area contributed by atoms with Crippen LogP contribution in [0.3, 0.4) is 0 Å². The summed E-state index contributed by atoms with van der Waals surface area (Å²) in [5.41, 5.74) is 5.64. The molecular weight excluding hydrogens is 224 g/mol. The second-order valence-corrected chi connectivity index (χ2v) is 6.78. The van der Waals surface area contributed by atoms with Crippen LogP contribution < -0.4 is 5.73 Å². The fourth-order valence-electron chi connectivity index (χ4n) is 3.19. The van der Waals surface area contributed by atoms with Crippen molar-refractivity contribution in [2.45, 2.75) is 58.4 Å². The first kappa shape index (κ1) is 13.9. The van der Waals surface area contributed by atoms with E-state index in [2.05, 4.69) is 13.8 Å². The minimum atomic E-state index is -0.613. The molecule has 3 nitrogen and oxygen atoms in total. The zero-order valence-electron chi connectivity index (χ0n) is 12.1. The van der Waals surface area contributed by atoms with Gasteiger partial charge in [-0.15, -0.1) is 0 Å². The van der Waals surface area contributed by atoms with E-state index in [-0.39, 0.29) is 5.91 Å². The van der Waals surface area contributed by atoms with Gasteiger partial charge in [0.15, 0.2) is 0 Å². The van der Waals surface area contributed by atoms with E-state index in [1.807, 2.05) is 11.8 Å². The van der Waals surface area contributed by atoms with Gasteiger partial charge in [-0.2, -0.15) is 0 Å². The molecule has 1 amide bonds. The fraction of sp³-hybridized carbons (Fsp3) is 0.933. The van der Waals surface area contributed by atoms with Crippen LogP contribution in [0.15, 0.2) is 0 Å². The van der Waals surface area contributed by atoms with Gasteiger partial charge in [0, 0.05) is 13.1 Å². The predicted molar refractivity (Wildman–Crippen MR) is 74.1 cm³/mol. The van der Waals surface area contributed by atoms with Crippen LogP contribution in [0, 0.1) is 17.8 Å². The van der Waals surface area contributed by atoms with Gasteiger partial charge in [0.25, 0.3) is 0 Å². The van der Waals surface area contributed by atoms with Gasteiger partial charge in [-0.25, -0.2) is 0 Å². The lowest BCUT2D eigenvalue weighted by molar-refractivity contribution is -0.137. The molecular formula is C15H28N2O. The maximum absolute atomic E-state index is 12.5. The Bertz CT molecular complexity index is 308. The molecule has 0 aromatic carbocycles. The Hall–Kier alpha value is -0.570. The highest BCUT2D eigenvalue weighted by Crippen LogP contribution is 2.39. The van der Waals surface area contributed by atoms with Crippen molar-refractivity contribution < 1.29 is 4.79 Å². The summed E-state index contributed by atoms with van der Waals surface area (Å²) < 4.78 is 0. The molecule has 0 aromatic heterocycles. The quantitative estimate of drug-likeness (QED) is 0.838. The zero-order valence-corrected chi connectivity index (χ0v) is 12.1. The summed E-state index contributed by atoms with van der Waals surface area (Å²) in [6, 6.07) is 0. The van der Waals surface area contributed by atoms with Crippen molar-refractivity contribution in [2.75, 3.05) is 13.1 Å². The summed E-state index contributed by atoms with van der Waals surface area (Å²) in [7, 11) is 0. The molecule has 1 saturated heterocycles. The Kier molecular flexibility index (Phi) is 4.00. The van der Waals surface area contributed by atoms with Crippen molar-refractivity contribution in [1.29, 1.82) is 0 Å². The lowest BCUT2D eigenvalue weighted by Gasteiger charge is -2.31. The van der Waals surface area contributed by atoms with Crippen LogP contribution in [-0.4, -0.2) is 29.4 Å². The average molecular weight is 252 g/mol. The molecule has 2 fully saturated rings. The molecule has 2 rings (SSSR count). The molecule has 0 bridgehead atoms. The van der Waals surface area contributed by atoms with Crippen LogP contribution in [0.5, 0.6) is 0 Å². The Balaban J connectivity index is 1.95. The van der Waals surface area contributed by atoms with Crippen molar-refractivity contribution >= 4 is 5.91 Å². The maximum Gasteiger partial charge on any atom is 0.242 e. The predicted octanol–water partition coefficient (Wildman–Crippen LogP) is 2.40. The molecule has 104 valence electrons. The Morgan fingerprint density at radius 3 is 2.44 bits per heavy atom. The molecule has 2 unspecified atom stereocenters. The number of hydrogen-bond donors (Lipinski definition) is 1. The van der Waals surface area contributed by atoms with Crippen molar-refractivity contribution in [3.8, 4) is 0 Å². The Labute approximate surface area is 111 Å². The van der Waals surface area contributed by atoms with Crippen LogP contribution >= 0.6 is 0 Å². The van der Waals surface area contributed by atoms with E-state index < -0.39 is 5.54 Å². The average Bonchev–Trinajstić information content (AvgIpc) is 3.14. The normalized spacial score (nSPS) is 28.9. The molecule has 0 aromatic rings. The summed E-state index contributed by atoms with van der Waals surface area (Å²) in [5.74, 6) is 2.11. The molecule has 0 spiro atoms. The van der Waals surface area contributed by atoms with Gasteiger partial charge < -0.3 is 10.6 Å². The molecule has 2 aliphatic rings. The SMILES string of the molecule is CC(C)C1CCCN(C(=O)C(C)(N)C2CC2)CC1. The number of nitrogens with two attached hydrogens (primary N) is 1. The van der Waals surface area contributed by atoms with Crippen molar-refractivity contribution in [3.05, 3.63) is 0 Å². The standard InChI is InChI=1S/C15H28N2O/c1-11(2)12-5-4-9-17(10-8-12)14(18)15(3,16)13-6-7-13/h11-13H,4-10,16H2,1-3H3. The van der Waals surface area contributed by atoms with E-state index in [1.54, 1.807) is 0 Å². The molecule has 2 atom stereocenters. The topological polar surface area (TPSA) is 46.3 Å². The third kappa shape index (κ3) is 2.87. The number of likely N-dealkylation sites (tertiary alicyclic amines) is 1. The zero-order chi connectivity index (χ0) is 13.3. The molecule has 2 N–H and O–H groups in total. The monoisotopic (exact) mass is 252 g/mol. The first-order valence-corrected chi connectivity index (χ1v) is 7.51. The molecule has 1 saturated carbocycles. The summed E-state index contributed by atoms with van der Waals surface area (Å²) in [4.78, 5) is 14.6. The van der Waals surface area contributed by atoms with E-state index >= 15 is 0 Å². The summed E-state index contributed by atoms with van der Waals surface area (Å²) >= 11 is 0. The van der Waals surface area contributed by atoms with E-state index in [9.17, 15) is 4.79 Å². The smallest absolute Gasteiger partial charge is 0.242 e. The molecule has 1 heterocycles. The van der Waals surface area contributed by atoms with Crippen molar-refractivity contribution in [3.63, 3.8) is 0 Å². The van der Waals surface area contributed by atoms with Crippen LogP contribution in [-0.2, 0) is 4.79 Å². The third-order valence-electron chi connectivity index (χ3n) is 4.89. The number of hydrogen-bond acceptors (Lipinski definition) is 2. The van der Waals surface area contributed by atoms with Gasteiger partial charge in [-0.3, -0.25) is 4.79 Å². The van der Waals surface area contributed by atoms with Gasteiger partial charge in [-0.05, 0) is 56.8 Å². The summed E-state index contributed by atoms with van der Waals surface area (Å²) in [5, 5.41) is 0. The molecule has 1 aliphatic heterocycles. The highest BCUT2D eigenvalue weighted by Gasteiger charge is 2.46. The minimum Gasteiger partial charge on any atom is -0.341 e. The minimum absolute atomic E-state index is 0.189. The van der Waals surface area contributed by atoms with Crippen molar-refractivity contribution in [1.82, 2.24) is 4.90 Å². The first-order chi connectivity index (χ1) is 8.43. The number of rotatable bonds is 3.